The van der Waals surface area contributed by atoms with Crippen molar-refractivity contribution in [2.24, 2.45) is 4.99 Å². The highest BCUT2D eigenvalue weighted by Crippen LogP contribution is 2.32. The molecule has 30 heavy (non-hydrogen) atoms. The monoisotopic (exact) mass is 422 g/mol. The molecule has 4 rings (SSSR count). The largest absolute Gasteiger partial charge is 0.490 e. The second-order valence-electron chi connectivity index (χ2n) is 6.98. The Morgan fingerprint density at radius 2 is 1.90 bits per heavy atom. The number of fused-ring (bicyclic) bond motifs is 1. The summed E-state index contributed by atoms with van der Waals surface area (Å²) in [5, 5.41) is 9.89. The third-order valence-corrected chi connectivity index (χ3v) is 5.70. The molecular weight excluding hydrogens is 396 g/mol. The van der Waals surface area contributed by atoms with E-state index in [4.69, 9.17) is 14.5 Å². The highest BCUT2D eigenvalue weighted by atomic mass is 32.1. The number of ether oxygens (including phenoxy) is 2. The topological polar surface area (TPSA) is 67.8 Å². The van der Waals surface area contributed by atoms with Crippen molar-refractivity contribution in [1.29, 1.82) is 0 Å². The summed E-state index contributed by atoms with van der Waals surface area (Å²) in [6.07, 6.45) is 2.86. The molecule has 0 aliphatic carbocycles. The lowest BCUT2D eigenvalue weighted by molar-refractivity contribution is 0.297. The summed E-state index contributed by atoms with van der Waals surface area (Å²) in [7, 11) is 1.75. The van der Waals surface area contributed by atoms with Crippen molar-refractivity contribution < 1.29 is 9.47 Å². The smallest absolute Gasteiger partial charge is 0.195 e. The van der Waals surface area contributed by atoms with E-state index in [0.717, 1.165) is 47.2 Å². The normalized spacial score (nSPS) is 13.6. The summed E-state index contributed by atoms with van der Waals surface area (Å²) >= 11 is 1.71. The molecule has 0 saturated carbocycles. The summed E-state index contributed by atoms with van der Waals surface area (Å²) in [4.78, 5) is 9.05. The van der Waals surface area contributed by atoms with Crippen molar-refractivity contribution in [1.82, 2.24) is 10.3 Å². The van der Waals surface area contributed by atoms with E-state index < -0.39 is 0 Å². The van der Waals surface area contributed by atoms with Gasteiger partial charge in [-0.2, -0.15) is 0 Å². The van der Waals surface area contributed by atoms with Crippen LogP contribution >= 0.6 is 11.3 Å². The molecule has 7 heteroatoms. The van der Waals surface area contributed by atoms with Crippen LogP contribution in [0.3, 0.4) is 0 Å². The van der Waals surface area contributed by atoms with Crippen molar-refractivity contribution in [3.05, 3.63) is 70.2 Å². The molecule has 0 bridgehead atoms. The van der Waals surface area contributed by atoms with Crippen molar-refractivity contribution in [3.63, 3.8) is 0 Å². The van der Waals surface area contributed by atoms with Crippen LogP contribution in [0.15, 0.2) is 58.9 Å². The van der Waals surface area contributed by atoms with Gasteiger partial charge in [0.05, 0.1) is 30.5 Å². The second kappa shape index (κ2) is 10.1. The van der Waals surface area contributed by atoms with Crippen LogP contribution < -0.4 is 20.1 Å². The number of anilines is 1. The highest BCUT2D eigenvalue weighted by Gasteiger charge is 2.11. The fraction of sp³-hybridized carbons (Fsp3) is 0.304. The average molecular weight is 423 g/mol. The maximum atomic E-state index is 5.76. The molecule has 0 atom stereocenters. The molecule has 0 unspecified atom stereocenters. The number of aliphatic imine (C=N–C) groups is 1. The van der Waals surface area contributed by atoms with E-state index in [0.29, 0.717) is 25.7 Å². The maximum Gasteiger partial charge on any atom is 0.195 e. The minimum absolute atomic E-state index is 0.617. The van der Waals surface area contributed by atoms with Gasteiger partial charge in [-0.05, 0) is 24.1 Å². The molecule has 2 aromatic carbocycles. The summed E-state index contributed by atoms with van der Waals surface area (Å²) in [5.41, 5.74) is 3.26. The quantitative estimate of drug-likeness (QED) is 0.459. The molecule has 1 aliphatic rings. The van der Waals surface area contributed by atoms with Crippen LogP contribution in [0.25, 0.3) is 0 Å². The Morgan fingerprint density at radius 3 is 2.73 bits per heavy atom. The van der Waals surface area contributed by atoms with Crippen LogP contribution in [-0.2, 0) is 19.4 Å². The van der Waals surface area contributed by atoms with Gasteiger partial charge in [-0.1, -0.05) is 30.3 Å². The zero-order chi connectivity index (χ0) is 20.6. The van der Waals surface area contributed by atoms with Crippen molar-refractivity contribution >= 4 is 23.0 Å². The molecular formula is C23H26N4O2S. The Bertz CT molecular complexity index is 988. The number of hydrogen-bond acceptors (Lipinski definition) is 5. The predicted octanol–water partition coefficient (Wildman–Crippen LogP) is 4.28. The van der Waals surface area contributed by atoms with Crippen LogP contribution in [-0.4, -0.2) is 31.2 Å². The third kappa shape index (κ3) is 5.51. The van der Waals surface area contributed by atoms with Gasteiger partial charge in [-0.3, -0.25) is 4.99 Å². The van der Waals surface area contributed by atoms with Gasteiger partial charge in [0.25, 0.3) is 0 Å². The van der Waals surface area contributed by atoms with E-state index in [1.807, 2.05) is 24.3 Å². The van der Waals surface area contributed by atoms with Crippen molar-refractivity contribution in [2.75, 3.05) is 25.6 Å². The third-order valence-electron chi connectivity index (χ3n) is 4.74. The average Bonchev–Trinajstić information content (AvgIpc) is 3.11. The van der Waals surface area contributed by atoms with Gasteiger partial charge in [-0.15, -0.1) is 11.3 Å². The number of aryl methyl sites for hydroxylation is 2. The number of guanidine groups is 1. The number of benzene rings is 2. The van der Waals surface area contributed by atoms with Crippen LogP contribution in [0, 0.1) is 0 Å². The number of nitrogens with one attached hydrogen (secondary N) is 2. The number of nitrogens with zero attached hydrogens (tertiary/aromatic N) is 2. The molecule has 1 aromatic heterocycles. The van der Waals surface area contributed by atoms with Gasteiger partial charge < -0.3 is 20.1 Å². The zero-order valence-electron chi connectivity index (χ0n) is 17.1. The summed E-state index contributed by atoms with van der Waals surface area (Å²) in [6.45, 7) is 1.97. The van der Waals surface area contributed by atoms with Crippen LogP contribution in [0.1, 0.15) is 22.7 Å². The first-order valence-corrected chi connectivity index (χ1v) is 11.0. The number of thiazole rings is 1. The maximum absolute atomic E-state index is 5.76. The van der Waals surface area contributed by atoms with E-state index in [1.54, 1.807) is 18.4 Å². The van der Waals surface area contributed by atoms with E-state index in [2.05, 4.69) is 45.3 Å². The van der Waals surface area contributed by atoms with Crippen LogP contribution in [0.5, 0.6) is 11.5 Å². The Kier molecular flexibility index (Phi) is 6.82. The molecule has 0 spiro atoms. The SMILES string of the molecule is CN=C(NCc1csc(CCc2ccccc2)n1)Nc1ccc2c(c1)OCCCO2. The van der Waals surface area contributed by atoms with Gasteiger partial charge in [0.2, 0.25) is 0 Å². The number of aromatic nitrogens is 1. The molecule has 2 heterocycles. The van der Waals surface area contributed by atoms with E-state index in [-0.39, 0.29) is 0 Å². The molecule has 2 N–H and O–H groups in total. The van der Waals surface area contributed by atoms with Crippen LogP contribution in [0.4, 0.5) is 5.69 Å². The van der Waals surface area contributed by atoms with Crippen molar-refractivity contribution in [2.45, 2.75) is 25.8 Å². The Morgan fingerprint density at radius 1 is 1.07 bits per heavy atom. The van der Waals surface area contributed by atoms with E-state index in [9.17, 15) is 0 Å². The second-order valence-corrected chi connectivity index (χ2v) is 7.92. The molecule has 156 valence electrons. The summed E-state index contributed by atoms with van der Waals surface area (Å²) in [6, 6.07) is 16.3. The minimum Gasteiger partial charge on any atom is -0.490 e. The zero-order valence-corrected chi connectivity index (χ0v) is 17.9. The molecule has 0 amide bonds. The fourth-order valence-electron chi connectivity index (χ4n) is 3.17. The molecule has 0 radical (unpaired) electrons. The summed E-state index contributed by atoms with van der Waals surface area (Å²) < 4.78 is 11.4. The first-order chi connectivity index (χ1) is 14.8. The number of hydrogen-bond donors (Lipinski definition) is 2. The Hall–Kier alpha value is -3.06. The lowest BCUT2D eigenvalue weighted by Crippen LogP contribution is -2.30. The molecule has 6 nitrogen and oxygen atoms in total. The molecule has 3 aromatic rings. The number of rotatable bonds is 6. The van der Waals surface area contributed by atoms with E-state index in [1.165, 1.54) is 5.56 Å². The molecule has 1 aliphatic heterocycles. The summed E-state index contributed by atoms with van der Waals surface area (Å²) in [5.74, 6) is 2.23. The first-order valence-electron chi connectivity index (χ1n) is 10.1. The minimum atomic E-state index is 0.617. The Balaban J connectivity index is 1.30. The van der Waals surface area contributed by atoms with Gasteiger partial charge >= 0.3 is 0 Å². The Labute approximate surface area is 181 Å². The highest BCUT2D eigenvalue weighted by molar-refractivity contribution is 7.09. The predicted molar refractivity (Wildman–Crippen MR) is 122 cm³/mol. The van der Waals surface area contributed by atoms with E-state index >= 15 is 0 Å². The lowest BCUT2D eigenvalue weighted by Gasteiger charge is -2.13. The first kappa shape index (κ1) is 20.2. The van der Waals surface area contributed by atoms with Crippen molar-refractivity contribution in [3.8, 4) is 11.5 Å². The fourth-order valence-corrected chi connectivity index (χ4v) is 3.97. The molecule has 0 fully saturated rings. The van der Waals surface area contributed by atoms with Gasteiger partial charge in [-0.25, -0.2) is 4.98 Å². The standard InChI is InChI=1S/C23H26N4O2S/c1-24-23(27-18-9-10-20-21(14-18)29-13-5-12-28-20)25-15-19-16-30-22(26-19)11-8-17-6-3-2-4-7-17/h2-4,6-7,9-10,14,16H,5,8,11-13,15H2,1H3,(H2,24,25,27). The lowest BCUT2D eigenvalue weighted by atomic mass is 10.1. The molecule has 0 saturated heterocycles. The van der Waals surface area contributed by atoms with Gasteiger partial charge in [0.15, 0.2) is 17.5 Å². The van der Waals surface area contributed by atoms with Gasteiger partial charge in [0.1, 0.15) is 0 Å². The van der Waals surface area contributed by atoms with Crippen LogP contribution in [0.2, 0.25) is 0 Å². The van der Waals surface area contributed by atoms with Gasteiger partial charge in [0, 0.05) is 37.0 Å².